The first-order valence-corrected chi connectivity index (χ1v) is 8.02. The van der Waals surface area contributed by atoms with Crippen molar-refractivity contribution in [3.05, 3.63) is 24.3 Å². The van der Waals surface area contributed by atoms with Gasteiger partial charge in [-0.25, -0.2) is 13.3 Å². The van der Waals surface area contributed by atoms with Crippen LogP contribution in [0.15, 0.2) is 33.5 Å². The van der Waals surface area contributed by atoms with E-state index in [0.717, 1.165) is 37.1 Å². The van der Waals surface area contributed by atoms with Gasteiger partial charge in [0.15, 0.2) is 0 Å². The maximum Gasteiger partial charge on any atom is 0.137 e. The Balaban J connectivity index is 2.24. The van der Waals surface area contributed by atoms with Gasteiger partial charge in [-0.05, 0) is 43.5 Å². The molecule has 0 heterocycles. The largest absolute Gasteiger partial charge is 0.399 e. The summed E-state index contributed by atoms with van der Waals surface area (Å²) in [6.07, 6.45) is 4.20. The van der Waals surface area contributed by atoms with Gasteiger partial charge in [-0.3, -0.25) is 0 Å². The lowest BCUT2D eigenvalue weighted by Gasteiger charge is -2.12. The molecule has 0 saturated heterocycles. The van der Waals surface area contributed by atoms with E-state index in [4.69, 9.17) is 5.73 Å². The summed E-state index contributed by atoms with van der Waals surface area (Å²) in [6.45, 7) is 2.85. The zero-order chi connectivity index (χ0) is 13.0. The van der Waals surface area contributed by atoms with Crippen molar-refractivity contribution in [3.63, 3.8) is 0 Å². The van der Waals surface area contributed by atoms with E-state index in [-0.39, 0.29) is 6.04 Å². The highest BCUT2D eigenvalue weighted by Gasteiger charge is 2.24. The number of benzene rings is 1. The number of hydrogen-bond acceptors (Lipinski definition) is 3. The van der Waals surface area contributed by atoms with E-state index in [1.54, 1.807) is 12.1 Å². The second-order valence-electron chi connectivity index (χ2n) is 4.68. The molecule has 4 nitrogen and oxygen atoms in total. The van der Waals surface area contributed by atoms with Gasteiger partial charge in [0.05, 0.1) is 10.9 Å². The molecule has 1 aliphatic rings. The smallest absolute Gasteiger partial charge is 0.137 e. The first kappa shape index (κ1) is 13.4. The molecule has 1 fully saturated rings. The first-order valence-electron chi connectivity index (χ1n) is 6.50. The van der Waals surface area contributed by atoms with E-state index in [1.807, 2.05) is 12.1 Å². The third kappa shape index (κ3) is 3.46. The van der Waals surface area contributed by atoms with Gasteiger partial charge >= 0.3 is 0 Å². The van der Waals surface area contributed by atoms with Crippen molar-refractivity contribution in [2.45, 2.75) is 43.5 Å². The molecule has 18 heavy (non-hydrogen) atoms. The third-order valence-corrected chi connectivity index (χ3v) is 4.97. The van der Waals surface area contributed by atoms with E-state index >= 15 is 0 Å². The Morgan fingerprint density at radius 1 is 1.39 bits per heavy atom. The number of rotatable bonds is 6. The molecular formula is C13H21N3OS. The van der Waals surface area contributed by atoms with Crippen LogP contribution in [0, 0.1) is 0 Å². The Morgan fingerprint density at radius 3 is 2.61 bits per heavy atom. The second-order valence-corrected chi connectivity index (χ2v) is 6.70. The maximum absolute atomic E-state index is 12.9. The number of nitrogen functional groups attached to an aromatic ring is 1. The summed E-state index contributed by atoms with van der Waals surface area (Å²) in [5.41, 5.74) is 6.34. The lowest BCUT2D eigenvalue weighted by atomic mass is 10.3. The Morgan fingerprint density at radius 2 is 2.06 bits per heavy atom. The molecule has 1 aromatic rings. The fraction of sp³-hybridized carbons (Fsp3) is 0.538. The van der Waals surface area contributed by atoms with Gasteiger partial charge in [0.2, 0.25) is 0 Å². The van der Waals surface area contributed by atoms with Gasteiger partial charge in [0, 0.05) is 12.2 Å². The monoisotopic (exact) mass is 267 g/mol. The Bertz CT molecular complexity index is 499. The molecule has 0 aliphatic heterocycles. The van der Waals surface area contributed by atoms with Crippen molar-refractivity contribution in [1.29, 1.82) is 0 Å². The minimum Gasteiger partial charge on any atom is -0.399 e. The molecule has 5 heteroatoms. The Hall–Kier alpha value is -1.07. The quantitative estimate of drug-likeness (QED) is 0.614. The molecular weight excluding hydrogens is 246 g/mol. The molecule has 0 aromatic heterocycles. The number of anilines is 1. The van der Waals surface area contributed by atoms with Crippen molar-refractivity contribution < 1.29 is 4.21 Å². The highest BCUT2D eigenvalue weighted by atomic mass is 32.2. The topological polar surface area (TPSA) is 67.5 Å². The van der Waals surface area contributed by atoms with Crippen LogP contribution in [0.1, 0.15) is 32.6 Å². The van der Waals surface area contributed by atoms with E-state index in [2.05, 4.69) is 16.0 Å². The summed E-state index contributed by atoms with van der Waals surface area (Å²) in [6, 6.07) is 7.44. The summed E-state index contributed by atoms with van der Waals surface area (Å²) in [7, 11) is -2.47. The lowest BCUT2D eigenvalue weighted by Crippen LogP contribution is -2.25. The molecule has 1 atom stereocenters. The van der Waals surface area contributed by atoms with Gasteiger partial charge in [0.25, 0.3) is 0 Å². The van der Waals surface area contributed by atoms with Crippen molar-refractivity contribution in [1.82, 2.24) is 4.72 Å². The molecule has 1 aromatic carbocycles. The fourth-order valence-corrected chi connectivity index (χ4v) is 3.53. The SMILES string of the molecule is CCCCNS(=O)(=NC1CC1)c1ccc(N)cc1. The molecule has 100 valence electrons. The van der Waals surface area contributed by atoms with E-state index in [9.17, 15) is 4.21 Å². The van der Waals surface area contributed by atoms with Crippen LogP contribution < -0.4 is 10.5 Å². The highest BCUT2D eigenvalue weighted by Crippen LogP contribution is 2.27. The summed E-state index contributed by atoms with van der Waals surface area (Å²) in [4.78, 5) is 0.736. The van der Waals surface area contributed by atoms with Gasteiger partial charge in [0.1, 0.15) is 9.92 Å². The summed E-state index contributed by atoms with van der Waals surface area (Å²) < 4.78 is 20.5. The van der Waals surface area contributed by atoms with Crippen molar-refractivity contribution in [2.24, 2.45) is 4.36 Å². The van der Waals surface area contributed by atoms with Gasteiger partial charge in [-0.15, -0.1) is 0 Å². The van der Waals surface area contributed by atoms with Crippen LogP contribution in [0.5, 0.6) is 0 Å². The molecule has 0 spiro atoms. The minimum absolute atomic E-state index is 0.268. The van der Waals surface area contributed by atoms with Crippen molar-refractivity contribution >= 4 is 15.6 Å². The lowest BCUT2D eigenvalue weighted by molar-refractivity contribution is 0.655. The zero-order valence-electron chi connectivity index (χ0n) is 10.8. The zero-order valence-corrected chi connectivity index (χ0v) is 11.6. The van der Waals surface area contributed by atoms with E-state index in [1.165, 1.54) is 0 Å². The number of nitrogens with one attached hydrogen (secondary N) is 1. The number of unbranched alkanes of at least 4 members (excludes halogenated alkanes) is 1. The predicted molar refractivity (Wildman–Crippen MR) is 75.6 cm³/mol. The maximum atomic E-state index is 12.9. The van der Waals surface area contributed by atoms with Crippen LogP contribution in [0.2, 0.25) is 0 Å². The molecule has 2 rings (SSSR count). The van der Waals surface area contributed by atoms with Gasteiger partial charge in [-0.2, -0.15) is 0 Å². The average Bonchev–Trinajstić information content (AvgIpc) is 3.14. The predicted octanol–water partition coefficient (Wildman–Crippen LogP) is 2.56. The highest BCUT2D eigenvalue weighted by molar-refractivity contribution is 7.91. The number of nitrogens with zero attached hydrogens (tertiary/aromatic N) is 1. The van der Waals surface area contributed by atoms with Crippen LogP contribution >= 0.6 is 0 Å². The standard InChI is InChI=1S/C13H21N3OS/c1-2-3-10-15-18(17,16-12-6-7-12)13-8-4-11(14)5-9-13/h4-5,8-9,12H,2-3,6-7,10,14H2,1H3,(H,15,16,17). The molecule has 1 unspecified atom stereocenters. The Labute approximate surface area is 109 Å². The summed E-state index contributed by atoms with van der Waals surface area (Å²) in [5.74, 6) is 0. The van der Waals surface area contributed by atoms with Gasteiger partial charge < -0.3 is 5.73 Å². The average molecular weight is 267 g/mol. The number of nitrogens with two attached hydrogens (primary N) is 1. The molecule has 3 N–H and O–H groups in total. The summed E-state index contributed by atoms with van der Waals surface area (Å²) in [5, 5.41) is 0. The van der Waals surface area contributed by atoms with Crippen LogP contribution in [-0.2, 0) is 9.92 Å². The third-order valence-electron chi connectivity index (χ3n) is 2.87. The van der Waals surface area contributed by atoms with Gasteiger partial charge in [-0.1, -0.05) is 13.3 Å². The first-order chi connectivity index (χ1) is 8.64. The Kier molecular flexibility index (Phi) is 4.24. The van der Waals surface area contributed by atoms with Crippen LogP contribution in [0.25, 0.3) is 0 Å². The summed E-state index contributed by atoms with van der Waals surface area (Å²) >= 11 is 0. The normalized spacial score (nSPS) is 18.3. The molecule has 0 amide bonds. The molecule has 1 saturated carbocycles. The fourth-order valence-electron chi connectivity index (χ4n) is 1.61. The van der Waals surface area contributed by atoms with Crippen molar-refractivity contribution in [3.8, 4) is 0 Å². The minimum atomic E-state index is -2.47. The van der Waals surface area contributed by atoms with Crippen molar-refractivity contribution in [2.75, 3.05) is 12.3 Å². The second kappa shape index (κ2) is 5.71. The van der Waals surface area contributed by atoms with Crippen LogP contribution in [0.3, 0.4) is 0 Å². The van der Waals surface area contributed by atoms with Crippen LogP contribution in [-0.4, -0.2) is 16.8 Å². The molecule has 0 bridgehead atoms. The van der Waals surface area contributed by atoms with Crippen LogP contribution in [0.4, 0.5) is 5.69 Å². The van der Waals surface area contributed by atoms with E-state index < -0.39 is 9.92 Å². The number of hydrogen-bond donors (Lipinski definition) is 2. The van der Waals surface area contributed by atoms with E-state index in [0.29, 0.717) is 5.69 Å². The molecule has 1 aliphatic carbocycles. The molecule has 0 radical (unpaired) electrons.